The lowest BCUT2D eigenvalue weighted by atomic mass is 9.91. The van der Waals surface area contributed by atoms with Crippen molar-refractivity contribution in [1.29, 1.82) is 0 Å². The van der Waals surface area contributed by atoms with Gasteiger partial charge in [0.1, 0.15) is 6.10 Å². The number of ether oxygens (including phenoxy) is 3. The van der Waals surface area contributed by atoms with Crippen molar-refractivity contribution in [2.75, 3.05) is 13.2 Å². The summed E-state index contributed by atoms with van der Waals surface area (Å²) in [5.74, 6) is -0.419. The van der Waals surface area contributed by atoms with Crippen molar-refractivity contribution in [2.45, 2.75) is 24.4 Å². The summed E-state index contributed by atoms with van der Waals surface area (Å²) in [4.78, 5) is 12.2. The lowest BCUT2D eigenvalue weighted by Crippen LogP contribution is -2.40. The molecule has 18 heavy (non-hydrogen) atoms. The SMILES string of the molecule is O=C(C1=C[C@@H]2O[C@H]1CC21OCCO1)c1ccco1. The van der Waals surface area contributed by atoms with Gasteiger partial charge < -0.3 is 18.6 Å². The monoisotopic (exact) mass is 248 g/mol. The molecule has 0 amide bonds. The maximum Gasteiger partial charge on any atom is 0.226 e. The Hall–Kier alpha value is -1.43. The van der Waals surface area contributed by atoms with Crippen LogP contribution in [0.4, 0.5) is 0 Å². The van der Waals surface area contributed by atoms with Crippen LogP contribution in [0.1, 0.15) is 17.0 Å². The fourth-order valence-corrected chi connectivity index (χ4v) is 2.85. The zero-order valence-corrected chi connectivity index (χ0v) is 9.63. The van der Waals surface area contributed by atoms with Crippen LogP contribution in [-0.2, 0) is 14.2 Å². The molecular formula is C13H12O5. The van der Waals surface area contributed by atoms with Crippen LogP contribution in [0.2, 0.25) is 0 Å². The summed E-state index contributed by atoms with van der Waals surface area (Å²) in [6.45, 7) is 1.17. The molecule has 0 aliphatic carbocycles. The normalized spacial score (nSPS) is 32.1. The minimum absolute atomic E-state index is 0.111. The van der Waals surface area contributed by atoms with E-state index in [1.165, 1.54) is 6.26 Å². The summed E-state index contributed by atoms with van der Waals surface area (Å²) in [6.07, 6.45) is 3.36. The molecule has 4 heterocycles. The molecule has 5 nitrogen and oxygen atoms in total. The van der Waals surface area contributed by atoms with E-state index in [2.05, 4.69) is 0 Å². The van der Waals surface area contributed by atoms with Crippen LogP contribution in [0.25, 0.3) is 0 Å². The number of ketones is 1. The second-order valence-corrected chi connectivity index (χ2v) is 4.69. The van der Waals surface area contributed by atoms with E-state index in [4.69, 9.17) is 18.6 Å². The Kier molecular flexibility index (Phi) is 2.06. The summed E-state index contributed by atoms with van der Waals surface area (Å²) in [7, 11) is 0. The minimum atomic E-state index is -0.655. The third kappa shape index (κ3) is 1.29. The van der Waals surface area contributed by atoms with Gasteiger partial charge in [0.05, 0.1) is 25.6 Å². The second kappa shape index (κ2) is 3.54. The van der Waals surface area contributed by atoms with Crippen LogP contribution < -0.4 is 0 Å². The van der Waals surface area contributed by atoms with E-state index >= 15 is 0 Å². The van der Waals surface area contributed by atoms with Crippen molar-refractivity contribution in [1.82, 2.24) is 0 Å². The van der Waals surface area contributed by atoms with Gasteiger partial charge in [-0.15, -0.1) is 0 Å². The predicted molar refractivity (Wildman–Crippen MR) is 59.0 cm³/mol. The average molecular weight is 248 g/mol. The first kappa shape index (κ1) is 10.5. The van der Waals surface area contributed by atoms with Gasteiger partial charge >= 0.3 is 0 Å². The second-order valence-electron chi connectivity index (χ2n) is 4.69. The molecule has 5 heteroatoms. The molecule has 2 bridgehead atoms. The fourth-order valence-electron chi connectivity index (χ4n) is 2.85. The molecule has 3 aliphatic rings. The summed E-state index contributed by atoms with van der Waals surface area (Å²) < 4.78 is 22.1. The highest BCUT2D eigenvalue weighted by atomic mass is 16.8. The van der Waals surface area contributed by atoms with Gasteiger partial charge in [-0.2, -0.15) is 0 Å². The van der Waals surface area contributed by atoms with Gasteiger partial charge in [-0.3, -0.25) is 4.79 Å². The van der Waals surface area contributed by atoms with E-state index in [-0.39, 0.29) is 18.0 Å². The molecule has 0 aromatic carbocycles. The molecule has 0 unspecified atom stereocenters. The Balaban J connectivity index is 1.63. The first-order valence-corrected chi connectivity index (χ1v) is 6.02. The van der Waals surface area contributed by atoms with Gasteiger partial charge in [0.15, 0.2) is 5.76 Å². The number of hydrogen-bond donors (Lipinski definition) is 0. The summed E-state index contributed by atoms with van der Waals surface area (Å²) in [5.41, 5.74) is 0.652. The first-order valence-electron chi connectivity index (χ1n) is 6.02. The largest absolute Gasteiger partial charge is 0.461 e. The number of carbonyl (C=O) groups is 1. The van der Waals surface area contributed by atoms with E-state index in [1.54, 1.807) is 12.1 Å². The zero-order valence-electron chi connectivity index (χ0n) is 9.63. The van der Waals surface area contributed by atoms with Crippen LogP contribution in [-0.4, -0.2) is 37.0 Å². The molecule has 2 saturated heterocycles. The van der Waals surface area contributed by atoms with Gasteiger partial charge in [-0.1, -0.05) is 0 Å². The standard InChI is InChI=1S/C13H12O5/c14-12(9-2-1-3-15-9)8-6-11-13(7-10(8)18-11)16-4-5-17-13/h1-3,6,10-11H,4-5,7H2/t10-,11-/m0/s1. The molecule has 4 rings (SSSR count). The summed E-state index contributed by atoms with van der Waals surface area (Å²) >= 11 is 0. The minimum Gasteiger partial charge on any atom is -0.461 e. The van der Waals surface area contributed by atoms with Gasteiger partial charge in [0, 0.05) is 12.0 Å². The van der Waals surface area contributed by atoms with Gasteiger partial charge in [0.2, 0.25) is 11.6 Å². The number of fused-ring (bicyclic) bond motifs is 3. The smallest absolute Gasteiger partial charge is 0.226 e. The third-order valence-corrected chi connectivity index (χ3v) is 3.68. The molecule has 1 aromatic heterocycles. The highest BCUT2D eigenvalue weighted by Crippen LogP contribution is 2.46. The zero-order chi connectivity index (χ0) is 12.2. The number of Topliss-reactive ketones (excluding diaryl/α,β-unsaturated/α-hetero) is 1. The highest BCUT2D eigenvalue weighted by Gasteiger charge is 2.57. The Bertz CT molecular complexity index is 509. The molecule has 1 aromatic rings. The molecule has 0 N–H and O–H groups in total. The lowest BCUT2D eigenvalue weighted by molar-refractivity contribution is -0.175. The van der Waals surface area contributed by atoms with Crippen LogP contribution in [0, 0.1) is 0 Å². The Morgan fingerprint density at radius 3 is 2.78 bits per heavy atom. The third-order valence-electron chi connectivity index (χ3n) is 3.68. The van der Waals surface area contributed by atoms with Crippen molar-refractivity contribution >= 4 is 5.78 Å². The molecule has 94 valence electrons. The molecule has 3 aliphatic heterocycles. The number of rotatable bonds is 2. The predicted octanol–water partition coefficient (Wildman–Crippen LogP) is 1.30. The van der Waals surface area contributed by atoms with Crippen LogP contribution in [0.5, 0.6) is 0 Å². The topological polar surface area (TPSA) is 57.9 Å². The number of hydrogen-bond acceptors (Lipinski definition) is 5. The first-order chi connectivity index (χ1) is 8.78. The number of carbonyl (C=O) groups excluding carboxylic acids is 1. The van der Waals surface area contributed by atoms with Gasteiger partial charge in [0.25, 0.3) is 0 Å². The average Bonchev–Trinajstić information content (AvgIpc) is 3.13. The summed E-state index contributed by atoms with van der Waals surface area (Å²) in [5, 5.41) is 0. The maximum atomic E-state index is 12.2. The van der Waals surface area contributed by atoms with Crippen LogP contribution >= 0.6 is 0 Å². The maximum absolute atomic E-state index is 12.2. The lowest BCUT2D eigenvalue weighted by Gasteiger charge is -2.27. The van der Waals surface area contributed by atoms with Crippen molar-refractivity contribution in [3.63, 3.8) is 0 Å². The van der Waals surface area contributed by atoms with E-state index in [1.807, 2.05) is 6.08 Å². The Morgan fingerprint density at radius 1 is 1.33 bits per heavy atom. The van der Waals surface area contributed by atoms with Gasteiger partial charge in [-0.05, 0) is 18.2 Å². The van der Waals surface area contributed by atoms with Crippen molar-refractivity contribution < 1.29 is 23.4 Å². The summed E-state index contributed by atoms with van der Waals surface area (Å²) in [6, 6.07) is 3.36. The molecule has 2 fully saturated rings. The number of furan rings is 1. The fraction of sp³-hybridized carbons (Fsp3) is 0.462. The molecule has 0 radical (unpaired) electrons. The van der Waals surface area contributed by atoms with Crippen LogP contribution in [0.3, 0.4) is 0 Å². The van der Waals surface area contributed by atoms with Crippen molar-refractivity contribution in [3.8, 4) is 0 Å². The van der Waals surface area contributed by atoms with Crippen molar-refractivity contribution in [2.24, 2.45) is 0 Å². The van der Waals surface area contributed by atoms with E-state index in [9.17, 15) is 4.79 Å². The highest BCUT2D eigenvalue weighted by molar-refractivity contribution is 6.08. The van der Waals surface area contributed by atoms with E-state index in [0.29, 0.717) is 31.0 Å². The van der Waals surface area contributed by atoms with E-state index in [0.717, 1.165) is 0 Å². The van der Waals surface area contributed by atoms with Gasteiger partial charge in [-0.25, -0.2) is 0 Å². The molecule has 0 saturated carbocycles. The van der Waals surface area contributed by atoms with E-state index < -0.39 is 5.79 Å². The molecule has 1 spiro atoms. The Morgan fingerprint density at radius 2 is 2.17 bits per heavy atom. The van der Waals surface area contributed by atoms with Crippen LogP contribution in [0.15, 0.2) is 34.5 Å². The molecule has 2 atom stereocenters. The van der Waals surface area contributed by atoms with Crippen molar-refractivity contribution in [3.05, 3.63) is 35.8 Å². The quantitative estimate of drug-likeness (QED) is 0.738. The Labute approximate surface area is 103 Å². The molecular weight excluding hydrogens is 236 g/mol.